The van der Waals surface area contributed by atoms with E-state index in [1.54, 1.807) is 7.11 Å². The standard InChI is InChI=1S/C13H16N2O/c1-16-10-13(9-14,11-7-8-11)15-12-5-3-2-4-6-12/h2-6,11,15H,7-8,10H2,1H3. The average molecular weight is 216 g/mol. The second-order valence-corrected chi connectivity index (χ2v) is 4.28. The second kappa shape index (κ2) is 4.54. The van der Waals surface area contributed by atoms with Crippen molar-refractivity contribution in [2.45, 2.75) is 18.4 Å². The van der Waals surface area contributed by atoms with Crippen LogP contribution in [0.4, 0.5) is 5.69 Å². The Morgan fingerprint density at radius 3 is 2.62 bits per heavy atom. The van der Waals surface area contributed by atoms with Gasteiger partial charge in [0.2, 0.25) is 0 Å². The van der Waals surface area contributed by atoms with Gasteiger partial charge < -0.3 is 10.1 Å². The number of nitrogens with zero attached hydrogens (tertiary/aromatic N) is 1. The van der Waals surface area contributed by atoms with E-state index in [-0.39, 0.29) is 0 Å². The molecule has 1 saturated carbocycles. The first-order chi connectivity index (χ1) is 7.80. The first-order valence-electron chi connectivity index (χ1n) is 5.54. The Morgan fingerprint density at radius 2 is 2.12 bits per heavy atom. The van der Waals surface area contributed by atoms with Gasteiger partial charge in [-0.3, -0.25) is 0 Å². The molecule has 2 rings (SSSR count). The van der Waals surface area contributed by atoms with Gasteiger partial charge in [-0.1, -0.05) is 18.2 Å². The van der Waals surface area contributed by atoms with Crippen LogP contribution in [0, 0.1) is 17.2 Å². The van der Waals surface area contributed by atoms with E-state index in [9.17, 15) is 5.26 Å². The predicted molar refractivity (Wildman–Crippen MR) is 63.0 cm³/mol. The Morgan fingerprint density at radius 1 is 1.44 bits per heavy atom. The number of nitrogens with one attached hydrogen (secondary N) is 1. The normalized spacial score (nSPS) is 18.5. The fourth-order valence-electron chi connectivity index (χ4n) is 1.99. The Labute approximate surface area is 96.0 Å². The molecule has 1 fully saturated rings. The van der Waals surface area contributed by atoms with Crippen LogP contribution >= 0.6 is 0 Å². The van der Waals surface area contributed by atoms with Crippen LogP contribution in [0.5, 0.6) is 0 Å². The fraction of sp³-hybridized carbons (Fsp3) is 0.462. The molecular weight excluding hydrogens is 200 g/mol. The van der Waals surface area contributed by atoms with Gasteiger partial charge in [-0.2, -0.15) is 5.26 Å². The Kier molecular flexibility index (Phi) is 3.12. The second-order valence-electron chi connectivity index (χ2n) is 4.28. The van der Waals surface area contributed by atoms with E-state index in [4.69, 9.17) is 4.74 Å². The molecule has 1 aliphatic rings. The molecule has 3 heteroatoms. The number of hydrogen-bond acceptors (Lipinski definition) is 3. The molecule has 0 aliphatic heterocycles. The highest BCUT2D eigenvalue weighted by Gasteiger charge is 2.46. The lowest BCUT2D eigenvalue weighted by Gasteiger charge is -2.28. The third-order valence-electron chi connectivity index (χ3n) is 2.99. The van der Waals surface area contributed by atoms with E-state index < -0.39 is 5.54 Å². The van der Waals surface area contributed by atoms with Gasteiger partial charge in [0.05, 0.1) is 12.7 Å². The van der Waals surface area contributed by atoms with E-state index in [2.05, 4.69) is 11.4 Å². The van der Waals surface area contributed by atoms with Crippen LogP contribution in [0.3, 0.4) is 0 Å². The fourth-order valence-corrected chi connectivity index (χ4v) is 1.99. The average Bonchev–Trinajstić information content (AvgIpc) is 3.14. The minimum atomic E-state index is -0.559. The summed E-state index contributed by atoms with van der Waals surface area (Å²) in [7, 11) is 1.64. The van der Waals surface area contributed by atoms with Gasteiger partial charge in [0, 0.05) is 12.8 Å². The minimum Gasteiger partial charge on any atom is -0.381 e. The van der Waals surface area contributed by atoms with E-state index in [0.29, 0.717) is 12.5 Å². The third-order valence-corrected chi connectivity index (χ3v) is 2.99. The highest BCUT2D eigenvalue weighted by molar-refractivity contribution is 5.48. The van der Waals surface area contributed by atoms with Crippen molar-refractivity contribution in [1.29, 1.82) is 5.26 Å². The van der Waals surface area contributed by atoms with Gasteiger partial charge in [-0.25, -0.2) is 0 Å². The summed E-state index contributed by atoms with van der Waals surface area (Å²) in [6, 6.07) is 12.2. The Balaban J connectivity index is 2.17. The summed E-state index contributed by atoms with van der Waals surface area (Å²) in [6.07, 6.45) is 2.22. The molecule has 0 bridgehead atoms. The van der Waals surface area contributed by atoms with Crippen LogP contribution in [-0.4, -0.2) is 19.3 Å². The summed E-state index contributed by atoms with van der Waals surface area (Å²) >= 11 is 0. The molecule has 16 heavy (non-hydrogen) atoms. The van der Waals surface area contributed by atoms with Crippen LogP contribution < -0.4 is 5.32 Å². The van der Waals surface area contributed by atoms with Gasteiger partial charge in [0.1, 0.15) is 0 Å². The lowest BCUT2D eigenvalue weighted by Crippen LogP contribution is -2.43. The largest absolute Gasteiger partial charge is 0.381 e. The smallest absolute Gasteiger partial charge is 0.151 e. The molecule has 1 unspecified atom stereocenters. The van der Waals surface area contributed by atoms with Crippen molar-refractivity contribution < 1.29 is 4.74 Å². The van der Waals surface area contributed by atoms with Crippen molar-refractivity contribution in [3.8, 4) is 6.07 Å². The van der Waals surface area contributed by atoms with Crippen molar-refractivity contribution >= 4 is 5.69 Å². The molecule has 1 atom stereocenters. The molecule has 0 heterocycles. The summed E-state index contributed by atoms with van der Waals surface area (Å²) in [5, 5.41) is 12.7. The molecular formula is C13H16N2O. The van der Waals surface area contributed by atoms with Crippen molar-refractivity contribution in [2.75, 3.05) is 19.0 Å². The zero-order valence-electron chi connectivity index (χ0n) is 9.44. The maximum Gasteiger partial charge on any atom is 0.151 e. The zero-order chi connectivity index (χ0) is 11.4. The van der Waals surface area contributed by atoms with Crippen molar-refractivity contribution in [2.24, 2.45) is 5.92 Å². The molecule has 0 saturated heterocycles. The number of methoxy groups -OCH3 is 1. The lowest BCUT2D eigenvalue weighted by atomic mass is 9.95. The van der Waals surface area contributed by atoms with Gasteiger partial charge in [-0.05, 0) is 30.9 Å². The van der Waals surface area contributed by atoms with Crippen LogP contribution in [-0.2, 0) is 4.74 Å². The molecule has 1 N–H and O–H groups in total. The number of benzene rings is 1. The molecule has 84 valence electrons. The van der Waals surface area contributed by atoms with Crippen LogP contribution in [0.25, 0.3) is 0 Å². The number of hydrogen-bond donors (Lipinski definition) is 1. The van der Waals surface area contributed by atoms with E-state index in [1.165, 1.54) is 0 Å². The van der Waals surface area contributed by atoms with E-state index >= 15 is 0 Å². The topological polar surface area (TPSA) is 45.0 Å². The molecule has 1 aromatic rings. The summed E-state index contributed by atoms with van der Waals surface area (Å²) in [6.45, 7) is 0.434. The Hall–Kier alpha value is -1.53. The highest BCUT2D eigenvalue weighted by Crippen LogP contribution is 2.41. The predicted octanol–water partition coefficient (Wildman–Crippen LogP) is 2.42. The quantitative estimate of drug-likeness (QED) is 0.822. The molecule has 0 aromatic heterocycles. The van der Waals surface area contributed by atoms with E-state index in [1.807, 2.05) is 30.3 Å². The lowest BCUT2D eigenvalue weighted by molar-refractivity contribution is 0.155. The Bertz CT molecular complexity index is 381. The maximum atomic E-state index is 9.39. The molecule has 1 aromatic carbocycles. The molecule has 1 aliphatic carbocycles. The van der Waals surface area contributed by atoms with Crippen LogP contribution in [0.15, 0.2) is 30.3 Å². The number of anilines is 1. The minimum absolute atomic E-state index is 0.414. The van der Waals surface area contributed by atoms with Gasteiger partial charge >= 0.3 is 0 Å². The summed E-state index contributed by atoms with van der Waals surface area (Å²) in [5.74, 6) is 0.414. The van der Waals surface area contributed by atoms with Crippen molar-refractivity contribution in [1.82, 2.24) is 0 Å². The highest BCUT2D eigenvalue weighted by atomic mass is 16.5. The van der Waals surface area contributed by atoms with Crippen LogP contribution in [0.1, 0.15) is 12.8 Å². The third kappa shape index (κ3) is 2.17. The molecule has 0 amide bonds. The van der Waals surface area contributed by atoms with Crippen molar-refractivity contribution in [3.05, 3.63) is 30.3 Å². The molecule has 0 radical (unpaired) electrons. The summed E-state index contributed by atoms with van der Waals surface area (Å²) in [4.78, 5) is 0. The number of nitriles is 1. The first kappa shape index (κ1) is 11.0. The zero-order valence-corrected chi connectivity index (χ0v) is 9.44. The number of para-hydroxylation sites is 1. The summed E-state index contributed by atoms with van der Waals surface area (Å²) < 4.78 is 5.19. The van der Waals surface area contributed by atoms with Crippen LogP contribution in [0.2, 0.25) is 0 Å². The number of ether oxygens (including phenoxy) is 1. The number of rotatable bonds is 5. The SMILES string of the molecule is COCC(C#N)(Nc1ccccc1)C1CC1. The summed E-state index contributed by atoms with van der Waals surface area (Å²) in [5.41, 5.74) is 0.420. The van der Waals surface area contributed by atoms with Gasteiger partial charge in [0.25, 0.3) is 0 Å². The van der Waals surface area contributed by atoms with Gasteiger partial charge in [-0.15, -0.1) is 0 Å². The van der Waals surface area contributed by atoms with E-state index in [0.717, 1.165) is 18.5 Å². The van der Waals surface area contributed by atoms with Crippen molar-refractivity contribution in [3.63, 3.8) is 0 Å². The monoisotopic (exact) mass is 216 g/mol. The van der Waals surface area contributed by atoms with Gasteiger partial charge in [0.15, 0.2) is 5.54 Å². The molecule has 0 spiro atoms. The maximum absolute atomic E-state index is 9.39. The first-order valence-corrected chi connectivity index (χ1v) is 5.54. The molecule has 3 nitrogen and oxygen atoms in total.